The third-order valence-electron chi connectivity index (χ3n) is 3.07. The number of H-pyrrole nitrogens is 1. The molecule has 82 valence electrons. The lowest BCUT2D eigenvalue weighted by molar-refractivity contribution is 0.793. The summed E-state index contributed by atoms with van der Waals surface area (Å²) < 4.78 is 1.09. The number of aromatic amines is 1. The van der Waals surface area contributed by atoms with E-state index < -0.39 is 0 Å². The molecule has 0 spiro atoms. The first-order chi connectivity index (χ1) is 7.68. The second-order valence-electron chi connectivity index (χ2n) is 3.99. The fraction of sp³-hybridized carbons (Fsp3) is 0.273. The van der Waals surface area contributed by atoms with E-state index in [9.17, 15) is 9.59 Å². The maximum atomic E-state index is 11.9. The predicted molar refractivity (Wildman–Crippen MR) is 62.0 cm³/mol. The number of hydrogen-bond donors (Lipinski definition) is 2. The van der Waals surface area contributed by atoms with Crippen LogP contribution in [0, 0.1) is 0 Å². The first-order valence-electron chi connectivity index (χ1n) is 5.17. The zero-order chi connectivity index (χ0) is 11.3. The van der Waals surface area contributed by atoms with E-state index in [0.717, 1.165) is 28.8 Å². The summed E-state index contributed by atoms with van der Waals surface area (Å²) in [7, 11) is 1.48. The van der Waals surface area contributed by atoms with E-state index in [4.69, 9.17) is 0 Å². The Hall–Kier alpha value is -2.04. The van der Waals surface area contributed by atoms with Gasteiger partial charge >= 0.3 is 5.69 Å². The van der Waals surface area contributed by atoms with Crippen molar-refractivity contribution in [2.75, 3.05) is 11.9 Å². The molecule has 0 unspecified atom stereocenters. The molecule has 0 aliphatic carbocycles. The summed E-state index contributed by atoms with van der Waals surface area (Å²) in [5, 5.41) is 3.79. The number of hydrogen-bond acceptors (Lipinski definition) is 3. The van der Waals surface area contributed by atoms with Crippen molar-refractivity contribution in [2.24, 2.45) is 7.05 Å². The van der Waals surface area contributed by atoms with Gasteiger partial charge < -0.3 is 10.3 Å². The topological polar surface area (TPSA) is 66.9 Å². The zero-order valence-corrected chi connectivity index (χ0v) is 8.83. The van der Waals surface area contributed by atoms with Crippen molar-refractivity contribution in [3.05, 3.63) is 38.5 Å². The van der Waals surface area contributed by atoms with Crippen LogP contribution in [0.25, 0.3) is 10.9 Å². The first kappa shape index (κ1) is 9.21. The van der Waals surface area contributed by atoms with Gasteiger partial charge in [0.15, 0.2) is 0 Å². The lowest BCUT2D eigenvalue weighted by atomic mass is 10.1. The average Bonchev–Trinajstić information content (AvgIpc) is 2.74. The molecule has 1 aromatic carbocycles. The lowest BCUT2D eigenvalue weighted by Gasteiger charge is -2.05. The fourth-order valence-corrected chi connectivity index (χ4v) is 2.18. The van der Waals surface area contributed by atoms with Crippen molar-refractivity contribution >= 4 is 16.6 Å². The van der Waals surface area contributed by atoms with Gasteiger partial charge in [-0.2, -0.15) is 0 Å². The molecule has 1 aromatic heterocycles. The van der Waals surface area contributed by atoms with Gasteiger partial charge in [0.25, 0.3) is 5.56 Å². The third kappa shape index (κ3) is 1.05. The van der Waals surface area contributed by atoms with E-state index in [2.05, 4.69) is 10.3 Å². The van der Waals surface area contributed by atoms with E-state index >= 15 is 0 Å². The van der Waals surface area contributed by atoms with Gasteiger partial charge in [0.1, 0.15) is 0 Å². The van der Waals surface area contributed by atoms with Crippen LogP contribution in [0.5, 0.6) is 0 Å². The molecule has 2 N–H and O–H groups in total. The van der Waals surface area contributed by atoms with Crippen LogP contribution in [-0.2, 0) is 13.5 Å². The SMILES string of the molecule is Cn1c(=O)[nH]c2c3c(ccc2c1=O)NCC3. The number of rotatable bonds is 0. The number of nitrogens with zero attached hydrogens (tertiary/aromatic N) is 1. The predicted octanol–water partition coefficient (Wildman–Crippen LogP) is 0.195. The summed E-state index contributed by atoms with van der Waals surface area (Å²) >= 11 is 0. The van der Waals surface area contributed by atoms with Crippen molar-refractivity contribution in [2.45, 2.75) is 6.42 Å². The van der Waals surface area contributed by atoms with Crippen LogP contribution in [0.4, 0.5) is 5.69 Å². The van der Waals surface area contributed by atoms with Gasteiger partial charge in [-0.05, 0) is 18.6 Å². The number of fused-ring (bicyclic) bond motifs is 3. The normalized spacial score (nSPS) is 13.8. The average molecular weight is 217 g/mol. The molecule has 2 heterocycles. The highest BCUT2D eigenvalue weighted by molar-refractivity contribution is 5.87. The van der Waals surface area contributed by atoms with Crippen molar-refractivity contribution in [1.29, 1.82) is 0 Å². The molecule has 0 atom stereocenters. The maximum Gasteiger partial charge on any atom is 0.328 e. The van der Waals surface area contributed by atoms with Crippen LogP contribution < -0.4 is 16.6 Å². The number of nitrogens with one attached hydrogen (secondary N) is 2. The molecular formula is C11H11N3O2. The smallest absolute Gasteiger partial charge is 0.328 e. The highest BCUT2D eigenvalue weighted by atomic mass is 16.2. The minimum atomic E-state index is -0.363. The molecule has 1 aliphatic heterocycles. The summed E-state index contributed by atoms with van der Waals surface area (Å²) in [5.41, 5.74) is 2.12. The molecule has 2 aromatic rings. The molecule has 0 bridgehead atoms. The monoisotopic (exact) mass is 217 g/mol. The zero-order valence-electron chi connectivity index (χ0n) is 8.83. The molecule has 5 nitrogen and oxygen atoms in total. The Morgan fingerprint density at radius 3 is 2.94 bits per heavy atom. The van der Waals surface area contributed by atoms with Gasteiger partial charge in [-0.3, -0.25) is 9.36 Å². The van der Waals surface area contributed by atoms with E-state index in [1.54, 1.807) is 6.07 Å². The second-order valence-corrected chi connectivity index (χ2v) is 3.99. The van der Waals surface area contributed by atoms with Crippen molar-refractivity contribution in [3.8, 4) is 0 Å². The van der Waals surface area contributed by atoms with Gasteiger partial charge in [-0.15, -0.1) is 0 Å². The van der Waals surface area contributed by atoms with Gasteiger partial charge in [0, 0.05) is 24.8 Å². The first-order valence-corrected chi connectivity index (χ1v) is 5.17. The molecule has 5 heteroatoms. The second kappa shape index (κ2) is 2.98. The van der Waals surface area contributed by atoms with Gasteiger partial charge in [-0.1, -0.05) is 0 Å². The van der Waals surface area contributed by atoms with Gasteiger partial charge in [0.2, 0.25) is 0 Å². The Labute approximate surface area is 90.7 Å². The minimum Gasteiger partial charge on any atom is -0.384 e. The minimum absolute atomic E-state index is 0.242. The van der Waals surface area contributed by atoms with E-state index in [-0.39, 0.29) is 11.2 Å². The Balaban J connectivity index is 2.56. The van der Waals surface area contributed by atoms with E-state index in [1.165, 1.54) is 7.05 Å². The van der Waals surface area contributed by atoms with Crippen LogP contribution in [0.1, 0.15) is 5.56 Å². The Morgan fingerprint density at radius 2 is 2.12 bits per heavy atom. The maximum absolute atomic E-state index is 11.9. The van der Waals surface area contributed by atoms with Gasteiger partial charge in [-0.25, -0.2) is 4.79 Å². The summed E-state index contributed by atoms with van der Waals surface area (Å²) in [6, 6.07) is 3.65. The Morgan fingerprint density at radius 1 is 1.31 bits per heavy atom. The van der Waals surface area contributed by atoms with Crippen LogP contribution in [0.15, 0.2) is 21.7 Å². The molecule has 0 radical (unpaired) electrons. The van der Waals surface area contributed by atoms with Crippen LogP contribution in [0.3, 0.4) is 0 Å². The van der Waals surface area contributed by atoms with Crippen molar-refractivity contribution in [3.63, 3.8) is 0 Å². The van der Waals surface area contributed by atoms with E-state index in [1.807, 2.05) is 6.07 Å². The summed E-state index contributed by atoms with van der Waals surface area (Å²) in [6.07, 6.45) is 0.843. The molecule has 1 aliphatic rings. The van der Waals surface area contributed by atoms with Crippen LogP contribution in [-0.4, -0.2) is 16.1 Å². The molecule has 0 saturated carbocycles. The molecule has 0 saturated heterocycles. The summed E-state index contributed by atoms with van der Waals surface area (Å²) in [6.45, 7) is 0.853. The molecule has 0 fully saturated rings. The highest BCUT2D eigenvalue weighted by Crippen LogP contribution is 2.26. The van der Waals surface area contributed by atoms with Crippen LogP contribution >= 0.6 is 0 Å². The lowest BCUT2D eigenvalue weighted by Crippen LogP contribution is -2.32. The largest absolute Gasteiger partial charge is 0.384 e. The fourth-order valence-electron chi connectivity index (χ4n) is 2.18. The standard InChI is InChI=1S/C11H11N3O2/c1-14-10(15)7-2-3-8-6(4-5-12-8)9(7)13-11(14)16/h2-3,12H,4-5H2,1H3,(H,13,16). The Bertz CT molecular complexity index is 697. The summed E-state index contributed by atoms with van der Waals surface area (Å²) in [5.74, 6) is 0. The molecular weight excluding hydrogens is 206 g/mol. The molecule has 3 rings (SSSR count). The highest BCUT2D eigenvalue weighted by Gasteiger charge is 2.16. The Kier molecular flexibility index (Phi) is 1.71. The summed E-state index contributed by atoms with van der Waals surface area (Å²) in [4.78, 5) is 26.2. The van der Waals surface area contributed by atoms with E-state index in [0.29, 0.717) is 10.9 Å². The molecule has 0 amide bonds. The third-order valence-corrected chi connectivity index (χ3v) is 3.07. The quantitative estimate of drug-likeness (QED) is 0.662. The number of benzene rings is 1. The van der Waals surface area contributed by atoms with Crippen molar-refractivity contribution in [1.82, 2.24) is 9.55 Å². The molecule has 16 heavy (non-hydrogen) atoms. The number of anilines is 1. The van der Waals surface area contributed by atoms with Crippen molar-refractivity contribution < 1.29 is 0 Å². The van der Waals surface area contributed by atoms with Crippen LogP contribution in [0.2, 0.25) is 0 Å². The van der Waals surface area contributed by atoms with Gasteiger partial charge in [0.05, 0.1) is 10.9 Å². The number of aromatic nitrogens is 2.